The molecule has 0 amide bonds. The molecule has 0 bridgehead atoms. The third kappa shape index (κ3) is 2.90. The molecule has 0 spiro atoms. The van der Waals surface area contributed by atoms with Gasteiger partial charge in [0.05, 0.1) is 12.3 Å². The number of nitrogens with zero attached hydrogens (tertiary/aromatic N) is 3. The molecule has 2 unspecified atom stereocenters. The van der Waals surface area contributed by atoms with Gasteiger partial charge in [-0.2, -0.15) is 0 Å². The van der Waals surface area contributed by atoms with Crippen molar-refractivity contribution in [3.05, 3.63) is 36.0 Å². The number of carboxylic acids is 1. The van der Waals surface area contributed by atoms with Crippen LogP contribution >= 0.6 is 0 Å². The van der Waals surface area contributed by atoms with Crippen LogP contribution < -0.4 is 5.32 Å². The van der Waals surface area contributed by atoms with E-state index in [4.69, 9.17) is 5.11 Å². The summed E-state index contributed by atoms with van der Waals surface area (Å²) in [6, 6.07) is 7.00. The number of carboxylic acid groups (broad SMARTS) is 1. The second kappa shape index (κ2) is 6.12. The summed E-state index contributed by atoms with van der Waals surface area (Å²) in [5, 5.41) is 21.8. The van der Waals surface area contributed by atoms with Gasteiger partial charge >= 0.3 is 5.97 Å². The molecule has 120 valence electrons. The first-order valence-corrected chi connectivity index (χ1v) is 7.36. The van der Waals surface area contributed by atoms with Gasteiger partial charge in [0.25, 0.3) is 0 Å². The Kier molecular flexibility index (Phi) is 4.01. The molecule has 2 heterocycles. The molecule has 3 rings (SSSR count). The lowest BCUT2D eigenvalue weighted by molar-refractivity contribution is -0.137. The van der Waals surface area contributed by atoms with Crippen LogP contribution in [-0.4, -0.2) is 53.0 Å². The highest BCUT2D eigenvalue weighted by Crippen LogP contribution is 2.38. The lowest BCUT2D eigenvalue weighted by atomic mass is 9.91. The molecule has 1 aromatic rings. The first-order chi connectivity index (χ1) is 11.1. The summed E-state index contributed by atoms with van der Waals surface area (Å²) in [4.78, 5) is 21.5. The van der Waals surface area contributed by atoms with E-state index < -0.39 is 5.97 Å². The van der Waals surface area contributed by atoms with E-state index in [1.165, 1.54) is 6.34 Å². The predicted octanol–water partition coefficient (Wildman–Crippen LogP) is 1.13. The van der Waals surface area contributed by atoms with E-state index in [9.17, 15) is 9.90 Å². The van der Waals surface area contributed by atoms with Gasteiger partial charge in [-0.15, -0.1) is 0 Å². The van der Waals surface area contributed by atoms with E-state index in [-0.39, 0.29) is 24.3 Å². The predicted molar refractivity (Wildman–Crippen MR) is 87.3 cm³/mol. The maximum Gasteiger partial charge on any atom is 0.305 e. The molecule has 7 nitrogen and oxygen atoms in total. The SMILES string of the molecule is CNC1=NC=NC2C1C(c1cccc(O)c1)=CN2CCC(=O)O. The van der Waals surface area contributed by atoms with E-state index in [2.05, 4.69) is 15.3 Å². The number of aromatic hydroxyl groups is 1. The summed E-state index contributed by atoms with van der Waals surface area (Å²) in [6.45, 7) is 0.368. The lowest BCUT2D eigenvalue weighted by Crippen LogP contribution is -2.42. The van der Waals surface area contributed by atoms with Crippen LogP contribution in [0.3, 0.4) is 0 Å². The molecular formula is C16H18N4O3. The molecular weight excluding hydrogens is 296 g/mol. The van der Waals surface area contributed by atoms with Crippen LogP contribution in [0.15, 0.2) is 40.5 Å². The maximum absolute atomic E-state index is 10.9. The summed E-state index contributed by atoms with van der Waals surface area (Å²) >= 11 is 0. The maximum atomic E-state index is 10.9. The smallest absolute Gasteiger partial charge is 0.305 e. The molecule has 3 N–H and O–H groups in total. The van der Waals surface area contributed by atoms with Crippen molar-refractivity contribution < 1.29 is 15.0 Å². The number of fused-ring (bicyclic) bond motifs is 1. The van der Waals surface area contributed by atoms with Crippen molar-refractivity contribution in [2.75, 3.05) is 13.6 Å². The van der Waals surface area contributed by atoms with Crippen LogP contribution in [0.4, 0.5) is 0 Å². The minimum atomic E-state index is -0.844. The Morgan fingerprint density at radius 1 is 1.43 bits per heavy atom. The molecule has 7 heteroatoms. The van der Waals surface area contributed by atoms with Gasteiger partial charge in [0.1, 0.15) is 24.1 Å². The number of carbonyl (C=O) groups is 1. The van der Waals surface area contributed by atoms with Crippen molar-refractivity contribution in [1.82, 2.24) is 10.2 Å². The number of phenols is 1. The van der Waals surface area contributed by atoms with E-state index in [1.54, 1.807) is 25.2 Å². The zero-order valence-electron chi connectivity index (χ0n) is 12.7. The Balaban J connectivity index is 1.97. The normalized spacial score (nSPS) is 22.4. The second-order valence-corrected chi connectivity index (χ2v) is 5.44. The zero-order valence-corrected chi connectivity index (χ0v) is 12.7. The Morgan fingerprint density at radius 3 is 2.96 bits per heavy atom. The first kappa shape index (κ1) is 15.1. The largest absolute Gasteiger partial charge is 0.508 e. The second-order valence-electron chi connectivity index (χ2n) is 5.44. The quantitative estimate of drug-likeness (QED) is 0.774. The standard InChI is InChI=1S/C16H18N4O3/c1-17-15-14-12(10-3-2-4-11(21)7-10)8-20(6-5-13(22)23)16(14)19-9-18-15/h2-4,7-9,14,16,21H,5-6H2,1H3,(H,22,23)(H,17,18,19). The molecule has 0 radical (unpaired) electrons. The van der Waals surface area contributed by atoms with Gasteiger partial charge in [-0.25, -0.2) is 9.98 Å². The highest BCUT2D eigenvalue weighted by atomic mass is 16.4. The molecule has 2 aliphatic rings. The third-order valence-corrected chi connectivity index (χ3v) is 4.01. The number of amidine groups is 1. The number of phenolic OH excluding ortho intramolecular Hbond substituents is 1. The minimum absolute atomic E-state index is 0.0363. The summed E-state index contributed by atoms with van der Waals surface area (Å²) in [6.07, 6.45) is 3.24. The van der Waals surface area contributed by atoms with Crippen molar-refractivity contribution in [1.29, 1.82) is 0 Å². The van der Waals surface area contributed by atoms with E-state index >= 15 is 0 Å². The molecule has 1 aromatic carbocycles. The van der Waals surface area contributed by atoms with Gasteiger partial charge < -0.3 is 20.4 Å². The number of hydrogen-bond acceptors (Lipinski definition) is 6. The number of benzene rings is 1. The van der Waals surface area contributed by atoms with Crippen LogP contribution in [0.25, 0.3) is 5.57 Å². The van der Waals surface area contributed by atoms with Gasteiger partial charge in [0.15, 0.2) is 0 Å². The van der Waals surface area contributed by atoms with Crippen LogP contribution in [0.2, 0.25) is 0 Å². The van der Waals surface area contributed by atoms with Crippen molar-refractivity contribution in [3.8, 4) is 5.75 Å². The first-order valence-electron chi connectivity index (χ1n) is 7.36. The number of rotatable bonds is 4. The Labute approximate surface area is 133 Å². The molecule has 0 fully saturated rings. The van der Waals surface area contributed by atoms with Gasteiger partial charge in [-0.3, -0.25) is 4.79 Å². The third-order valence-electron chi connectivity index (χ3n) is 4.01. The Morgan fingerprint density at radius 2 is 2.26 bits per heavy atom. The van der Waals surface area contributed by atoms with E-state index in [0.717, 1.165) is 17.0 Å². The van der Waals surface area contributed by atoms with Crippen LogP contribution in [0.1, 0.15) is 12.0 Å². The molecule has 2 atom stereocenters. The monoisotopic (exact) mass is 314 g/mol. The van der Waals surface area contributed by atoms with Crippen molar-refractivity contribution in [3.63, 3.8) is 0 Å². The van der Waals surface area contributed by atoms with Gasteiger partial charge in [0.2, 0.25) is 0 Å². The number of nitrogens with one attached hydrogen (secondary N) is 1. The van der Waals surface area contributed by atoms with E-state index in [0.29, 0.717) is 6.54 Å². The van der Waals surface area contributed by atoms with Gasteiger partial charge in [0, 0.05) is 19.8 Å². The highest BCUT2D eigenvalue weighted by Gasteiger charge is 2.40. The average Bonchev–Trinajstić information content (AvgIpc) is 2.92. The van der Waals surface area contributed by atoms with Gasteiger partial charge in [-0.05, 0) is 23.3 Å². The number of aliphatic carboxylic acids is 1. The van der Waals surface area contributed by atoms with Gasteiger partial charge in [-0.1, -0.05) is 12.1 Å². The summed E-state index contributed by atoms with van der Waals surface area (Å²) in [5.41, 5.74) is 1.83. The van der Waals surface area contributed by atoms with Crippen molar-refractivity contribution in [2.24, 2.45) is 15.9 Å². The Bertz CT molecular complexity index is 711. The molecule has 0 aliphatic carbocycles. The molecule has 0 saturated carbocycles. The number of aliphatic imine (C=N–C) groups is 2. The van der Waals surface area contributed by atoms with E-state index in [1.807, 2.05) is 17.2 Å². The summed E-state index contributed by atoms with van der Waals surface area (Å²) < 4.78 is 0. The minimum Gasteiger partial charge on any atom is -0.508 e. The topological polar surface area (TPSA) is 97.5 Å². The van der Waals surface area contributed by atoms with Crippen molar-refractivity contribution in [2.45, 2.75) is 12.6 Å². The molecule has 0 aromatic heterocycles. The van der Waals surface area contributed by atoms with Crippen molar-refractivity contribution >= 4 is 23.7 Å². The van der Waals surface area contributed by atoms with Crippen LogP contribution in [0, 0.1) is 5.92 Å². The molecule has 23 heavy (non-hydrogen) atoms. The lowest BCUT2D eigenvalue weighted by Gasteiger charge is -2.29. The molecule has 2 aliphatic heterocycles. The summed E-state index contributed by atoms with van der Waals surface area (Å²) in [7, 11) is 1.80. The molecule has 0 saturated heterocycles. The van der Waals surface area contributed by atoms with Crippen LogP contribution in [-0.2, 0) is 4.79 Å². The zero-order chi connectivity index (χ0) is 16.4. The fraction of sp³-hybridized carbons (Fsp3) is 0.312. The Hall–Kier alpha value is -2.83. The summed E-state index contributed by atoms with van der Waals surface area (Å²) in [5.74, 6) is 0.00672. The number of hydrogen-bond donors (Lipinski definition) is 3. The highest BCUT2D eigenvalue weighted by molar-refractivity contribution is 6.01. The average molecular weight is 314 g/mol. The fourth-order valence-corrected chi connectivity index (χ4v) is 2.97. The fourth-order valence-electron chi connectivity index (χ4n) is 2.97. The van der Waals surface area contributed by atoms with Crippen LogP contribution in [0.5, 0.6) is 5.75 Å².